The van der Waals surface area contributed by atoms with E-state index < -0.39 is 15.8 Å². The second-order valence-electron chi connectivity index (χ2n) is 11.3. The van der Waals surface area contributed by atoms with Gasteiger partial charge in [0.2, 0.25) is 0 Å². The van der Waals surface area contributed by atoms with Crippen molar-refractivity contribution in [3.05, 3.63) is 109 Å². The van der Waals surface area contributed by atoms with Gasteiger partial charge < -0.3 is 29.2 Å². The topological polar surface area (TPSA) is 132 Å². The number of carboxylic acid groups (broad SMARTS) is 1. The molecule has 0 radical (unpaired) electrons. The van der Waals surface area contributed by atoms with Crippen molar-refractivity contribution in [3.8, 4) is 39.9 Å². The normalized spacial score (nSPS) is 11.5. The van der Waals surface area contributed by atoms with Crippen LogP contribution >= 0.6 is 0 Å². The van der Waals surface area contributed by atoms with Crippen LogP contribution in [0.3, 0.4) is 0 Å². The summed E-state index contributed by atoms with van der Waals surface area (Å²) in [5.74, 6) is 1.51. The Bertz CT molecular complexity index is 1980. The molecule has 5 aromatic carbocycles. The molecule has 0 bridgehead atoms. The number of carbonyl (C=O) groups is 1. The molecule has 11 heteroatoms. The van der Waals surface area contributed by atoms with E-state index in [9.17, 15) is 18.3 Å². The monoisotopic (exact) mass is 685 g/mol. The molecule has 0 aromatic heterocycles. The summed E-state index contributed by atoms with van der Waals surface area (Å²) in [7, 11) is -3.33. The highest BCUT2D eigenvalue weighted by Gasteiger charge is 2.15. The molecule has 0 saturated heterocycles. The number of aromatic hydroxyl groups is 1. The Balaban J connectivity index is 1.13. The number of phenols is 1. The number of fused-ring (bicyclic) bond motifs is 1. The minimum absolute atomic E-state index is 0.145. The maximum Gasteiger partial charge on any atom is 0.335 e. The van der Waals surface area contributed by atoms with Gasteiger partial charge in [0.25, 0.3) is 0 Å². The van der Waals surface area contributed by atoms with Crippen molar-refractivity contribution in [1.29, 1.82) is 0 Å². The van der Waals surface area contributed by atoms with Crippen LogP contribution in [0.5, 0.6) is 28.7 Å². The molecule has 0 unspecified atom stereocenters. The van der Waals surface area contributed by atoms with E-state index in [1.54, 1.807) is 54.6 Å². The standard InChI is InChI=1S/C38H39NO9S/c1-3-39(19-21-45-23-24-47-33-6-4-5-29(26-33)38(41)42)20-22-46-31-11-13-32(14-12-31)48-37-35(17-9-28-25-30(40)10-18-36(28)37)27-7-15-34(16-8-27)49(2,43)44/h4-18,25-26,40H,3,19-24H2,1-2H3,(H,41,42). The number of sulfone groups is 1. The lowest BCUT2D eigenvalue weighted by Crippen LogP contribution is -2.31. The predicted molar refractivity (Wildman–Crippen MR) is 188 cm³/mol. The van der Waals surface area contributed by atoms with E-state index >= 15 is 0 Å². The number of benzene rings is 5. The van der Waals surface area contributed by atoms with Crippen LogP contribution in [0.1, 0.15) is 17.3 Å². The summed E-state index contributed by atoms with van der Waals surface area (Å²) >= 11 is 0. The molecule has 0 aliphatic rings. The highest BCUT2D eigenvalue weighted by atomic mass is 32.2. The molecular weight excluding hydrogens is 646 g/mol. The van der Waals surface area contributed by atoms with Crippen molar-refractivity contribution in [2.75, 3.05) is 52.3 Å². The fourth-order valence-corrected chi connectivity index (χ4v) is 5.81. The zero-order valence-corrected chi connectivity index (χ0v) is 28.2. The smallest absolute Gasteiger partial charge is 0.335 e. The number of nitrogens with zero attached hydrogens (tertiary/aromatic N) is 1. The van der Waals surface area contributed by atoms with Crippen molar-refractivity contribution in [3.63, 3.8) is 0 Å². The number of carboxylic acids is 1. The molecule has 5 aromatic rings. The first-order valence-electron chi connectivity index (χ1n) is 15.8. The lowest BCUT2D eigenvalue weighted by molar-refractivity contribution is 0.0695. The Morgan fingerprint density at radius 1 is 0.755 bits per heavy atom. The minimum atomic E-state index is -3.33. The van der Waals surface area contributed by atoms with Gasteiger partial charge in [0.15, 0.2) is 9.84 Å². The lowest BCUT2D eigenvalue weighted by atomic mass is 9.99. The molecule has 0 aliphatic heterocycles. The van der Waals surface area contributed by atoms with Gasteiger partial charge in [-0.15, -0.1) is 0 Å². The number of phenolic OH excluding ortho intramolecular Hbond substituents is 1. The summed E-state index contributed by atoms with van der Waals surface area (Å²) in [5, 5.41) is 20.7. The summed E-state index contributed by atoms with van der Waals surface area (Å²) in [5.41, 5.74) is 1.75. The Hall–Kier alpha value is -5.10. The molecule has 0 heterocycles. The Labute approximate surface area is 286 Å². The number of hydrogen-bond donors (Lipinski definition) is 2. The summed E-state index contributed by atoms with van der Waals surface area (Å²) in [4.78, 5) is 13.6. The van der Waals surface area contributed by atoms with E-state index in [1.165, 1.54) is 18.4 Å². The van der Waals surface area contributed by atoms with Crippen LogP contribution in [-0.2, 0) is 14.6 Å². The number of aromatic carboxylic acids is 1. The highest BCUT2D eigenvalue weighted by molar-refractivity contribution is 7.90. The largest absolute Gasteiger partial charge is 0.508 e. The predicted octanol–water partition coefficient (Wildman–Crippen LogP) is 6.90. The summed E-state index contributed by atoms with van der Waals surface area (Å²) in [6.45, 7) is 6.06. The highest BCUT2D eigenvalue weighted by Crippen LogP contribution is 2.41. The van der Waals surface area contributed by atoms with Gasteiger partial charge in [-0.05, 0) is 96.4 Å². The van der Waals surface area contributed by atoms with Crippen LogP contribution in [0.15, 0.2) is 108 Å². The zero-order chi connectivity index (χ0) is 34.8. The summed E-state index contributed by atoms with van der Waals surface area (Å²) in [6, 6.07) is 29.3. The average molecular weight is 686 g/mol. The summed E-state index contributed by atoms with van der Waals surface area (Å²) in [6.07, 6.45) is 1.18. The second-order valence-corrected chi connectivity index (χ2v) is 13.3. The molecule has 0 aliphatic carbocycles. The molecule has 0 saturated carbocycles. The van der Waals surface area contributed by atoms with Gasteiger partial charge in [-0.1, -0.05) is 31.2 Å². The molecule has 0 fully saturated rings. The Morgan fingerprint density at radius 2 is 1.47 bits per heavy atom. The molecule has 0 atom stereocenters. The van der Waals surface area contributed by atoms with Gasteiger partial charge in [0.05, 0.1) is 23.7 Å². The van der Waals surface area contributed by atoms with Crippen LogP contribution in [0.4, 0.5) is 0 Å². The maximum atomic E-state index is 12.0. The third-order valence-electron chi connectivity index (χ3n) is 7.84. The molecule has 0 spiro atoms. The van der Waals surface area contributed by atoms with Crippen molar-refractivity contribution >= 4 is 26.6 Å². The van der Waals surface area contributed by atoms with Crippen LogP contribution in [-0.4, -0.2) is 81.8 Å². The molecule has 49 heavy (non-hydrogen) atoms. The van der Waals surface area contributed by atoms with Gasteiger partial charge in [-0.2, -0.15) is 0 Å². The zero-order valence-electron chi connectivity index (χ0n) is 27.4. The van der Waals surface area contributed by atoms with E-state index in [4.69, 9.17) is 24.1 Å². The van der Waals surface area contributed by atoms with Crippen molar-refractivity contribution in [2.45, 2.75) is 11.8 Å². The molecule has 5 rings (SSSR count). The molecule has 2 N–H and O–H groups in total. The molecule has 0 amide bonds. The van der Waals surface area contributed by atoms with E-state index in [1.807, 2.05) is 36.4 Å². The number of rotatable bonds is 17. The van der Waals surface area contributed by atoms with Crippen LogP contribution in [0, 0.1) is 0 Å². The number of likely N-dealkylation sites (N-methyl/N-ethyl adjacent to an activating group) is 1. The fourth-order valence-electron chi connectivity index (χ4n) is 5.18. The molecular formula is C38H39NO9S. The third-order valence-corrected chi connectivity index (χ3v) is 8.97. The van der Waals surface area contributed by atoms with Crippen molar-refractivity contribution in [2.24, 2.45) is 0 Å². The number of hydrogen-bond acceptors (Lipinski definition) is 9. The minimum Gasteiger partial charge on any atom is -0.508 e. The van der Waals surface area contributed by atoms with Crippen molar-refractivity contribution < 1.29 is 42.4 Å². The Morgan fingerprint density at radius 3 is 2.18 bits per heavy atom. The van der Waals surface area contributed by atoms with E-state index in [0.29, 0.717) is 56.0 Å². The first-order chi connectivity index (χ1) is 23.6. The van der Waals surface area contributed by atoms with Gasteiger partial charge in [-0.25, -0.2) is 13.2 Å². The second kappa shape index (κ2) is 16.3. The van der Waals surface area contributed by atoms with E-state index in [2.05, 4.69) is 11.8 Å². The van der Waals surface area contributed by atoms with E-state index in [-0.39, 0.29) is 16.2 Å². The van der Waals surface area contributed by atoms with Crippen LogP contribution < -0.4 is 14.2 Å². The SMILES string of the molecule is CCN(CCOCCOc1cccc(C(=O)O)c1)CCOc1ccc(Oc2c(-c3ccc(S(C)(=O)=O)cc3)ccc3cc(O)ccc23)cc1. The van der Waals surface area contributed by atoms with Gasteiger partial charge in [0, 0.05) is 30.3 Å². The van der Waals surface area contributed by atoms with E-state index in [0.717, 1.165) is 35.0 Å². The summed E-state index contributed by atoms with van der Waals surface area (Å²) < 4.78 is 47.7. The van der Waals surface area contributed by atoms with Crippen molar-refractivity contribution in [1.82, 2.24) is 4.90 Å². The Kier molecular flexibility index (Phi) is 11.7. The van der Waals surface area contributed by atoms with Gasteiger partial charge in [-0.3, -0.25) is 4.90 Å². The fraction of sp³-hybridized carbons (Fsp3) is 0.237. The third kappa shape index (κ3) is 9.73. The number of ether oxygens (including phenoxy) is 4. The van der Waals surface area contributed by atoms with Crippen LogP contribution in [0.25, 0.3) is 21.9 Å². The van der Waals surface area contributed by atoms with Gasteiger partial charge >= 0.3 is 5.97 Å². The first-order valence-corrected chi connectivity index (χ1v) is 17.7. The quantitative estimate of drug-likeness (QED) is 0.0997. The molecule has 256 valence electrons. The lowest BCUT2D eigenvalue weighted by Gasteiger charge is -2.20. The van der Waals surface area contributed by atoms with Gasteiger partial charge in [0.1, 0.15) is 42.0 Å². The average Bonchev–Trinajstić information content (AvgIpc) is 3.09. The first kappa shape index (κ1) is 35.2. The maximum absolute atomic E-state index is 12.0. The molecule has 10 nitrogen and oxygen atoms in total. The van der Waals surface area contributed by atoms with Crippen LogP contribution in [0.2, 0.25) is 0 Å².